The Morgan fingerprint density at radius 2 is 1.86 bits per heavy atom. The minimum Gasteiger partial charge on any atom is -0.326 e. The van der Waals surface area contributed by atoms with Crippen molar-refractivity contribution in [2.24, 2.45) is 11.7 Å². The lowest BCUT2D eigenvalue weighted by molar-refractivity contribution is 0.263. The van der Waals surface area contributed by atoms with E-state index in [1.165, 1.54) is 50.3 Å². The van der Waals surface area contributed by atoms with Gasteiger partial charge in [0.25, 0.3) is 0 Å². The third-order valence-electron chi connectivity index (χ3n) is 3.54. The summed E-state index contributed by atoms with van der Waals surface area (Å²) in [5.41, 5.74) is 6.28. The molecular weight excluding hydrogens is 192 g/mol. The van der Waals surface area contributed by atoms with Crippen LogP contribution in [0, 0.1) is 5.92 Å². The van der Waals surface area contributed by atoms with Gasteiger partial charge in [0.05, 0.1) is 0 Å². The Balaban J connectivity index is 1.72. The highest BCUT2D eigenvalue weighted by molar-refractivity contribution is 7.99. The molecule has 2 heterocycles. The monoisotopic (exact) mass is 214 g/mol. The zero-order valence-corrected chi connectivity index (χ0v) is 9.77. The molecule has 2 N–H and O–H groups in total. The predicted molar refractivity (Wildman–Crippen MR) is 63.7 cm³/mol. The number of nitrogens with zero attached hydrogens (tertiary/aromatic N) is 1. The fraction of sp³-hybridized carbons (Fsp3) is 1.00. The summed E-state index contributed by atoms with van der Waals surface area (Å²) in [7, 11) is 0. The third kappa shape index (κ3) is 2.88. The average Bonchev–Trinajstić information content (AvgIpc) is 2.72. The maximum absolute atomic E-state index is 6.28. The van der Waals surface area contributed by atoms with Gasteiger partial charge < -0.3 is 10.6 Å². The Labute approximate surface area is 91.6 Å². The fourth-order valence-electron chi connectivity index (χ4n) is 2.56. The van der Waals surface area contributed by atoms with Crippen LogP contribution in [-0.2, 0) is 0 Å². The summed E-state index contributed by atoms with van der Waals surface area (Å²) in [6.45, 7) is 3.72. The molecule has 2 fully saturated rings. The van der Waals surface area contributed by atoms with Crippen LogP contribution in [0.2, 0.25) is 0 Å². The lowest BCUT2D eigenvalue weighted by Gasteiger charge is -2.30. The molecule has 14 heavy (non-hydrogen) atoms. The summed E-state index contributed by atoms with van der Waals surface area (Å²) >= 11 is 2.09. The topological polar surface area (TPSA) is 29.3 Å². The van der Waals surface area contributed by atoms with Crippen LogP contribution in [0.4, 0.5) is 0 Å². The van der Waals surface area contributed by atoms with Crippen LogP contribution in [0.3, 0.4) is 0 Å². The number of hydrogen-bond acceptors (Lipinski definition) is 3. The summed E-state index contributed by atoms with van der Waals surface area (Å²) < 4.78 is 0. The van der Waals surface area contributed by atoms with E-state index < -0.39 is 0 Å². The number of nitrogens with two attached hydrogens (primary N) is 1. The number of hydrogen-bond donors (Lipinski definition) is 1. The zero-order chi connectivity index (χ0) is 9.80. The molecule has 0 amide bonds. The molecule has 1 atom stereocenters. The molecule has 0 aromatic carbocycles. The number of rotatable bonds is 3. The summed E-state index contributed by atoms with van der Waals surface area (Å²) in [5.74, 6) is 3.47. The van der Waals surface area contributed by atoms with Crippen molar-refractivity contribution in [1.82, 2.24) is 4.90 Å². The van der Waals surface area contributed by atoms with Gasteiger partial charge in [-0.25, -0.2) is 0 Å². The molecule has 0 spiro atoms. The molecule has 2 nitrogen and oxygen atoms in total. The van der Waals surface area contributed by atoms with Crippen LogP contribution in [-0.4, -0.2) is 42.1 Å². The second-order valence-corrected chi connectivity index (χ2v) is 5.85. The summed E-state index contributed by atoms with van der Waals surface area (Å²) in [5, 5.41) is 0. The summed E-state index contributed by atoms with van der Waals surface area (Å²) in [6, 6.07) is 0.439. The molecule has 0 bridgehead atoms. The van der Waals surface area contributed by atoms with Crippen LogP contribution < -0.4 is 5.73 Å². The van der Waals surface area contributed by atoms with Crippen molar-refractivity contribution in [3.8, 4) is 0 Å². The third-order valence-corrected chi connectivity index (χ3v) is 4.59. The van der Waals surface area contributed by atoms with Gasteiger partial charge in [-0.3, -0.25) is 0 Å². The Morgan fingerprint density at radius 3 is 2.50 bits per heavy atom. The van der Waals surface area contributed by atoms with Gasteiger partial charge >= 0.3 is 0 Å². The predicted octanol–water partition coefficient (Wildman–Crippen LogP) is 1.55. The van der Waals surface area contributed by atoms with E-state index in [2.05, 4.69) is 16.7 Å². The Hall–Kier alpha value is 0.270. The SMILES string of the molecule is NC(CN1CCCC1)C1CCSCC1. The first-order chi connectivity index (χ1) is 6.86. The average molecular weight is 214 g/mol. The van der Waals surface area contributed by atoms with Crippen molar-refractivity contribution in [2.75, 3.05) is 31.1 Å². The van der Waals surface area contributed by atoms with Crippen LogP contribution >= 0.6 is 11.8 Å². The lowest BCUT2D eigenvalue weighted by atomic mass is 9.94. The van der Waals surface area contributed by atoms with E-state index in [1.54, 1.807) is 0 Å². The van der Waals surface area contributed by atoms with E-state index in [4.69, 9.17) is 5.73 Å². The Morgan fingerprint density at radius 1 is 1.21 bits per heavy atom. The Bertz CT molecular complexity index is 163. The number of thioether (sulfide) groups is 1. The molecule has 0 aromatic heterocycles. The lowest BCUT2D eigenvalue weighted by Crippen LogP contribution is -2.42. The van der Waals surface area contributed by atoms with E-state index in [1.807, 2.05) is 0 Å². The van der Waals surface area contributed by atoms with Gasteiger partial charge in [-0.2, -0.15) is 11.8 Å². The smallest absolute Gasteiger partial charge is 0.0197 e. The van der Waals surface area contributed by atoms with Crippen LogP contribution in [0.25, 0.3) is 0 Å². The van der Waals surface area contributed by atoms with Crippen molar-refractivity contribution >= 4 is 11.8 Å². The largest absolute Gasteiger partial charge is 0.326 e. The fourth-order valence-corrected chi connectivity index (χ4v) is 3.70. The van der Waals surface area contributed by atoms with Crippen molar-refractivity contribution < 1.29 is 0 Å². The minimum atomic E-state index is 0.439. The molecule has 0 aromatic rings. The molecule has 0 radical (unpaired) electrons. The Kier molecular flexibility index (Phi) is 4.14. The van der Waals surface area contributed by atoms with E-state index in [-0.39, 0.29) is 0 Å². The van der Waals surface area contributed by atoms with Crippen molar-refractivity contribution in [2.45, 2.75) is 31.7 Å². The molecule has 2 aliphatic heterocycles. The zero-order valence-electron chi connectivity index (χ0n) is 8.95. The van der Waals surface area contributed by atoms with E-state index in [0.717, 1.165) is 12.5 Å². The molecule has 2 saturated heterocycles. The second kappa shape index (κ2) is 5.38. The highest BCUT2D eigenvalue weighted by Crippen LogP contribution is 2.25. The first-order valence-electron chi connectivity index (χ1n) is 5.92. The highest BCUT2D eigenvalue weighted by atomic mass is 32.2. The summed E-state index contributed by atoms with van der Waals surface area (Å²) in [6.07, 6.45) is 5.46. The molecule has 0 aliphatic carbocycles. The molecule has 0 saturated carbocycles. The first-order valence-corrected chi connectivity index (χ1v) is 7.07. The van der Waals surface area contributed by atoms with Gasteiger partial charge in [-0.15, -0.1) is 0 Å². The van der Waals surface area contributed by atoms with Crippen molar-refractivity contribution in [3.63, 3.8) is 0 Å². The van der Waals surface area contributed by atoms with Gasteiger partial charge in [0.1, 0.15) is 0 Å². The van der Waals surface area contributed by atoms with Gasteiger partial charge in [-0.1, -0.05) is 0 Å². The maximum Gasteiger partial charge on any atom is 0.0197 e. The normalized spacial score (nSPS) is 28.1. The van der Waals surface area contributed by atoms with Gasteiger partial charge in [0.2, 0.25) is 0 Å². The quantitative estimate of drug-likeness (QED) is 0.773. The molecule has 3 heteroatoms. The minimum absolute atomic E-state index is 0.439. The standard InChI is InChI=1S/C11H22N2S/c12-11(9-13-5-1-2-6-13)10-3-7-14-8-4-10/h10-11H,1-9,12H2. The van der Waals surface area contributed by atoms with Crippen LogP contribution in [0.5, 0.6) is 0 Å². The first kappa shape index (κ1) is 10.8. The van der Waals surface area contributed by atoms with Gasteiger partial charge in [0.15, 0.2) is 0 Å². The maximum atomic E-state index is 6.28. The molecular formula is C11H22N2S. The number of likely N-dealkylation sites (tertiary alicyclic amines) is 1. The second-order valence-electron chi connectivity index (χ2n) is 4.62. The van der Waals surface area contributed by atoms with E-state index >= 15 is 0 Å². The van der Waals surface area contributed by atoms with Gasteiger partial charge in [-0.05, 0) is 56.2 Å². The highest BCUT2D eigenvalue weighted by Gasteiger charge is 2.23. The van der Waals surface area contributed by atoms with Crippen molar-refractivity contribution in [1.29, 1.82) is 0 Å². The van der Waals surface area contributed by atoms with Crippen LogP contribution in [0.15, 0.2) is 0 Å². The van der Waals surface area contributed by atoms with Crippen LogP contribution in [0.1, 0.15) is 25.7 Å². The van der Waals surface area contributed by atoms with E-state index in [9.17, 15) is 0 Å². The van der Waals surface area contributed by atoms with E-state index in [0.29, 0.717) is 6.04 Å². The molecule has 1 unspecified atom stereocenters. The summed E-state index contributed by atoms with van der Waals surface area (Å²) in [4.78, 5) is 2.55. The van der Waals surface area contributed by atoms with Crippen molar-refractivity contribution in [3.05, 3.63) is 0 Å². The molecule has 2 aliphatic rings. The van der Waals surface area contributed by atoms with Gasteiger partial charge in [0, 0.05) is 12.6 Å². The molecule has 82 valence electrons. The molecule has 2 rings (SSSR count).